The molecule has 1 aliphatic heterocycles. The molecule has 3 rings (SSSR count). The van der Waals surface area contributed by atoms with Gasteiger partial charge in [0.25, 0.3) is 0 Å². The standard InChI is InChI=1S/C16H25N3/c1-12-5-8-15(18-10-12)16-13(11-17-2)4-3-9-19(16)14-6-7-14/h5,8,10,13-14,16-17H,3-4,6-7,9,11H2,1-2H3. The lowest BCUT2D eigenvalue weighted by molar-refractivity contribution is 0.0816. The van der Waals surface area contributed by atoms with Crippen LogP contribution in [0.4, 0.5) is 0 Å². The SMILES string of the molecule is CNCC1CCCN(C2CC2)C1c1ccc(C)cn1. The molecule has 1 saturated carbocycles. The van der Waals surface area contributed by atoms with Crippen molar-refractivity contribution in [2.75, 3.05) is 20.1 Å². The number of rotatable bonds is 4. The van der Waals surface area contributed by atoms with E-state index in [-0.39, 0.29) is 0 Å². The van der Waals surface area contributed by atoms with Crippen LogP contribution in [0.5, 0.6) is 0 Å². The molecule has 2 unspecified atom stereocenters. The van der Waals surface area contributed by atoms with Gasteiger partial charge < -0.3 is 5.32 Å². The Morgan fingerprint density at radius 3 is 2.79 bits per heavy atom. The molecule has 1 aromatic rings. The van der Waals surface area contributed by atoms with Crippen LogP contribution in [0.1, 0.15) is 43.0 Å². The number of nitrogens with zero attached hydrogens (tertiary/aromatic N) is 2. The van der Waals surface area contributed by atoms with Gasteiger partial charge in [0, 0.05) is 12.2 Å². The molecule has 1 saturated heterocycles. The summed E-state index contributed by atoms with van der Waals surface area (Å²) in [6, 6.07) is 5.80. The Morgan fingerprint density at radius 1 is 1.32 bits per heavy atom. The van der Waals surface area contributed by atoms with Gasteiger partial charge in [-0.2, -0.15) is 0 Å². The summed E-state index contributed by atoms with van der Waals surface area (Å²) in [7, 11) is 2.07. The molecule has 1 N–H and O–H groups in total. The summed E-state index contributed by atoms with van der Waals surface area (Å²) in [5.41, 5.74) is 2.53. The summed E-state index contributed by atoms with van der Waals surface area (Å²) in [4.78, 5) is 7.45. The van der Waals surface area contributed by atoms with E-state index in [1.165, 1.54) is 43.5 Å². The molecule has 1 aliphatic carbocycles. The van der Waals surface area contributed by atoms with E-state index in [2.05, 4.69) is 36.3 Å². The number of nitrogens with one attached hydrogen (secondary N) is 1. The second kappa shape index (κ2) is 5.59. The monoisotopic (exact) mass is 259 g/mol. The molecule has 19 heavy (non-hydrogen) atoms. The second-order valence-corrected chi connectivity index (χ2v) is 6.13. The van der Waals surface area contributed by atoms with Gasteiger partial charge in [0.1, 0.15) is 0 Å². The number of hydrogen-bond acceptors (Lipinski definition) is 3. The van der Waals surface area contributed by atoms with Crippen LogP contribution in [0, 0.1) is 12.8 Å². The average Bonchev–Trinajstić information content (AvgIpc) is 3.24. The van der Waals surface area contributed by atoms with Crippen LogP contribution in [0.2, 0.25) is 0 Å². The molecule has 3 heteroatoms. The minimum Gasteiger partial charge on any atom is -0.319 e. The van der Waals surface area contributed by atoms with Crippen molar-refractivity contribution in [3.63, 3.8) is 0 Å². The van der Waals surface area contributed by atoms with E-state index >= 15 is 0 Å². The van der Waals surface area contributed by atoms with Crippen LogP contribution >= 0.6 is 0 Å². The number of pyridine rings is 1. The molecular formula is C16H25N3. The van der Waals surface area contributed by atoms with Crippen molar-refractivity contribution in [1.29, 1.82) is 0 Å². The zero-order chi connectivity index (χ0) is 13.2. The maximum Gasteiger partial charge on any atom is 0.0579 e. The Bertz CT molecular complexity index is 409. The van der Waals surface area contributed by atoms with Gasteiger partial charge >= 0.3 is 0 Å². The van der Waals surface area contributed by atoms with E-state index in [0.717, 1.165) is 12.6 Å². The predicted octanol–water partition coefficient (Wildman–Crippen LogP) is 2.52. The first-order chi connectivity index (χ1) is 9.29. The molecule has 3 nitrogen and oxygen atoms in total. The third kappa shape index (κ3) is 2.82. The summed E-state index contributed by atoms with van der Waals surface area (Å²) in [5.74, 6) is 0.703. The minimum absolute atomic E-state index is 0.522. The van der Waals surface area contributed by atoms with Crippen molar-refractivity contribution in [2.24, 2.45) is 5.92 Å². The topological polar surface area (TPSA) is 28.2 Å². The molecule has 0 amide bonds. The average molecular weight is 259 g/mol. The van der Waals surface area contributed by atoms with Gasteiger partial charge in [-0.3, -0.25) is 9.88 Å². The highest BCUT2D eigenvalue weighted by atomic mass is 15.2. The van der Waals surface area contributed by atoms with Crippen molar-refractivity contribution in [3.8, 4) is 0 Å². The third-order valence-corrected chi connectivity index (χ3v) is 4.51. The smallest absolute Gasteiger partial charge is 0.0579 e. The van der Waals surface area contributed by atoms with E-state index in [4.69, 9.17) is 4.98 Å². The molecule has 0 bridgehead atoms. The summed E-state index contributed by atoms with van der Waals surface area (Å²) in [5, 5.41) is 3.37. The second-order valence-electron chi connectivity index (χ2n) is 6.13. The Kier molecular flexibility index (Phi) is 3.85. The normalized spacial score (nSPS) is 28.5. The molecule has 0 spiro atoms. The van der Waals surface area contributed by atoms with Crippen LogP contribution in [0.25, 0.3) is 0 Å². The molecule has 2 aliphatic rings. The van der Waals surface area contributed by atoms with Gasteiger partial charge in [0.05, 0.1) is 11.7 Å². The zero-order valence-corrected chi connectivity index (χ0v) is 12.1. The van der Waals surface area contributed by atoms with Crippen molar-refractivity contribution >= 4 is 0 Å². The molecule has 2 fully saturated rings. The lowest BCUT2D eigenvalue weighted by Gasteiger charge is -2.41. The summed E-state index contributed by atoms with van der Waals surface area (Å²) >= 11 is 0. The van der Waals surface area contributed by atoms with Crippen molar-refractivity contribution in [1.82, 2.24) is 15.2 Å². The fourth-order valence-corrected chi connectivity index (χ4v) is 3.46. The zero-order valence-electron chi connectivity index (χ0n) is 12.1. The van der Waals surface area contributed by atoms with Gasteiger partial charge in [-0.15, -0.1) is 0 Å². The molecule has 0 aromatic carbocycles. The lowest BCUT2D eigenvalue weighted by Crippen LogP contribution is -2.43. The number of likely N-dealkylation sites (tertiary alicyclic amines) is 1. The molecule has 2 atom stereocenters. The summed E-state index contributed by atoms with van der Waals surface area (Å²) in [6.07, 6.45) is 7.45. The van der Waals surface area contributed by atoms with E-state index in [1.807, 2.05) is 6.20 Å². The highest BCUT2D eigenvalue weighted by Gasteiger charge is 2.40. The van der Waals surface area contributed by atoms with Gasteiger partial charge in [0.15, 0.2) is 0 Å². The minimum atomic E-state index is 0.522. The fraction of sp³-hybridized carbons (Fsp3) is 0.688. The number of hydrogen-bond donors (Lipinski definition) is 1. The van der Waals surface area contributed by atoms with Crippen LogP contribution < -0.4 is 5.32 Å². The van der Waals surface area contributed by atoms with Crippen molar-refractivity contribution in [3.05, 3.63) is 29.6 Å². The van der Waals surface area contributed by atoms with E-state index in [9.17, 15) is 0 Å². The van der Waals surface area contributed by atoms with E-state index < -0.39 is 0 Å². The first kappa shape index (κ1) is 13.1. The Balaban J connectivity index is 1.87. The van der Waals surface area contributed by atoms with E-state index in [1.54, 1.807) is 0 Å². The Morgan fingerprint density at radius 2 is 2.16 bits per heavy atom. The Hall–Kier alpha value is -0.930. The number of piperidine rings is 1. The van der Waals surface area contributed by atoms with Gasteiger partial charge in [0.2, 0.25) is 0 Å². The van der Waals surface area contributed by atoms with E-state index in [0.29, 0.717) is 12.0 Å². The van der Waals surface area contributed by atoms with Crippen LogP contribution in [0.3, 0.4) is 0 Å². The van der Waals surface area contributed by atoms with Gasteiger partial charge in [-0.1, -0.05) is 6.07 Å². The summed E-state index contributed by atoms with van der Waals surface area (Å²) in [6.45, 7) is 4.47. The van der Waals surface area contributed by atoms with Crippen molar-refractivity contribution < 1.29 is 0 Å². The molecular weight excluding hydrogens is 234 g/mol. The molecule has 0 radical (unpaired) electrons. The number of aryl methyl sites for hydroxylation is 1. The lowest BCUT2D eigenvalue weighted by atomic mass is 9.86. The first-order valence-corrected chi connectivity index (χ1v) is 7.62. The Labute approximate surface area is 116 Å². The van der Waals surface area contributed by atoms with Crippen LogP contribution in [-0.2, 0) is 0 Å². The van der Waals surface area contributed by atoms with Crippen LogP contribution in [0.15, 0.2) is 18.3 Å². The fourth-order valence-electron chi connectivity index (χ4n) is 3.46. The van der Waals surface area contributed by atoms with Crippen LogP contribution in [-0.4, -0.2) is 36.1 Å². The summed E-state index contributed by atoms with van der Waals surface area (Å²) < 4.78 is 0. The first-order valence-electron chi connectivity index (χ1n) is 7.62. The molecule has 104 valence electrons. The maximum absolute atomic E-state index is 4.73. The maximum atomic E-state index is 4.73. The highest BCUT2D eigenvalue weighted by Crippen LogP contribution is 2.42. The highest BCUT2D eigenvalue weighted by molar-refractivity contribution is 5.17. The van der Waals surface area contributed by atoms with Crippen molar-refractivity contribution in [2.45, 2.75) is 44.7 Å². The molecule has 1 aromatic heterocycles. The number of aromatic nitrogens is 1. The quantitative estimate of drug-likeness (QED) is 0.900. The predicted molar refractivity (Wildman–Crippen MR) is 78.1 cm³/mol. The molecule has 2 heterocycles. The van der Waals surface area contributed by atoms with Gasteiger partial charge in [-0.05, 0) is 70.3 Å². The van der Waals surface area contributed by atoms with Gasteiger partial charge in [-0.25, -0.2) is 0 Å². The largest absolute Gasteiger partial charge is 0.319 e. The third-order valence-electron chi connectivity index (χ3n) is 4.51.